The van der Waals surface area contributed by atoms with Crippen LogP contribution in [0.2, 0.25) is 0 Å². The first-order valence-corrected chi connectivity index (χ1v) is 15.0. The van der Waals surface area contributed by atoms with E-state index in [1.54, 1.807) is 0 Å². The largest absolute Gasteiger partial charge is 0.327 e. The lowest BCUT2D eigenvalue weighted by atomic mass is 9.80. The Balaban J connectivity index is 0.000000216. The second-order valence-corrected chi connectivity index (χ2v) is 11.9. The van der Waals surface area contributed by atoms with Gasteiger partial charge >= 0.3 is 0 Å². The molecular weight excluding hydrogens is 498 g/mol. The first-order chi connectivity index (χ1) is 18.4. The highest BCUT2D eigenvalue weighted by Crippen LogP contribution is 2.35. The number of benzene rings is 3. The molecule has 0 spiro atoms. The highest BCUT2D eigenvalue weighted by molar-refractivity contribution is 7.89. The van der Waals surface area contributed by atoms with E-state index in [9.17, 15) is 18.5 Å². The second kappa shape index (κ2) is 13.1. The lowest BCUT2D eigenvalue weighted by Crippen LogP contribution is -2.41. The molecule has 0 unspecified atom stereocenters. The van der Waals surface area contributed by atoms with Gasteiger partial charge in [-0.2, -0.15) is 0 Å². The van der Waals surface area contributed by atoms with E-state index in [0.717, 1.165) is 31.2 Å². The van der Waals surface area contributed by atoms with Gasteiger partial charge in [0.1, 0.15) is 0 Å². The maximum absolute atomic E-state index is 12.8. The van der Waals surface area contributed by atoms with Crippen molar-refractivity contribution in [3.63, 3.8) is 0 Å². The van der Waals surface area contributed by atoms with Gasteiger partial charge in [-0.1, -0.05) is 98.5 Å². The summed E-state index contributed by atoms with van der Waals surface area (Å²) in [5.41, 5.74) is 8.23. The van der Waals surface area contributed by atoms with E-state index in [1.165, 1.54) is 55.5 Å². The van der Waals surface area contributed by atoms with Crippen LogP contribution < -0.4 is 10.5 Å². The lowest BCUT2D eigenvalue weighted by molar-refractivity contribution is -0.387. The van der Waals surface area contributed by atoms with Crippen molar-refractivity contribution in [2.75, 3.05) is 0 Å². The minimum atomic E-state index is -3.97. The first-order valence-electron chi connectivity index (χ1n) is 13.5. The molecule has 8 heteroatoms. The SMILES string of the molecule is N[C@H]1CCCC[C@@H]1c1ccccc1.O=[N+]([O-])c1ccccc1S(=O)(=O)N[C@H]1CCCC[C@@H]1c1ccccc1. The fraction of sp³-hybridized carbons (Fsp3) is 0.400. The topological polar surface area (TPSA) is 115 Å². The van der Waals surface area contributed by atoms with Gasteiger partial charge in [0.25, 0.3) is 5.69 Å². The highest BCUT2D eigenvalue weighted by atomic mass is 32.2. The summed E-state index contributed by atoms with van der Waals surface area (Å²) in [5.74, 6) is 0.683. The van der Waals surface area contributed by atoms with E-state index < -0.39 is 20.6 Å². The molecule has 3 aromatic carbocycles. The van der Waals surface area contributed by atoms with Gasteiger partial charge in [0.2, 0.25) is 10.0 Å². The number of nitrogens with zero attached hydrogens (tertiary/aromatic N) is 1. The first kappa shape index (κ1) is 28.0. The van der Waals surface area contributed by atoms with Crippen LogP contribution in [0.1, 0.15) is 74.3 Å². The lowest BCUT2D eigenvalue weighted by Gasteiger charge is -2.32. The van der Waals surface area contributed by atoms with Gasteiger partial charge < -0.3 is 5.73 Å². The number of rotatable bonds is 6. The third kappa shape index (κ3) is 7.07. The summed E-state index contributed by atoms with van der Waals surface area (Å²) in [6.07, 6.45) is 8.71. The molecule has 2 aliphatic carbocycles. The number of sulfonamides is 1. The van der Waals surface area contributed by atoms with Gasteiger partial charge in [0, 0.05) is 24.1 Å². The number of nitro groups is 1. The average molecular weight is 536 g/mol. The number of hydrogen-bond donors (Lipinski definition) is 2. The molecule has 3 N–H and O–H groups in total. The van der Waals surface area contributed by atoms with Crippen LogP contribution in [0.5, 0.6) is 0 Å². The monoisotopic (exact) mass is 535 g/mol. The molecule has 2 aliphatic rings. The van der Waals surface area contributed by atoms with Gasteiger partial charge in [0.05, 0.1) is 4.92 Å². The number of para-hydroxylation sites is 1. The summed E-state index contributed by atoms with van der Waals surface area (Å²) in [5, 5.41) is 11.2. The minimum Gasteiger partial charge on any atom is -0.327 e. The van der Waals surface area contributed by atoms with Gasteiger partial charge in [0.15, 0.2) is 4.90 Å². The minimum absolute atomic E-state index is 0.0764. The van der Waals surface area contributed by atoms with E-state index >= 15 is 0 Å². The zero-order valence-corrected chi connectivity index (χ0v) is 22.4. The number of nitro benzene ring substituents is 1. The fourth-order valence-electron chi connectivity index (χ4n) is 5.74. The summed E-state index contributed by atoms with van der Waals surface area (Å²) in [4.78, 5) is 10.2. The summed E-state index contributed by atoms with van der Waals surface area (Å²) in [7, 11) is -3.97. The summed E-state index contributed by atoms with van der Waals surface area (Å²) >= 11 is 0. The Bertz CT molecular complexity index is 1290. The Morgan fingerprint density at radius 2 is 1.21 bits per heavy atom. The fourth-order valence-corrected chi connectivity index (χ4v) is 7.23. The van der Waals surface area contributed by atoms with E-state index in [0.29, 0.717) is 12.0 Å². The van der Waals surface area contributed by atoms with Gasteiger partial charge in [-0.15, -0.1) is 0 Å². The van der Waals surface area contributed by atoms with Crippen LogP contribution in [0.25, 0.3) is 0 Å². The quantitative estimate of drug-likeness (QED) is 0.285. The summed E-state index contributed by atoms with van der Waals surface area (Å²) in [6.45, 7) is 0. The van der Waals surface area contributed by atoms with E-state index in [2.05, 4.69) is 35.1 Å². The molecule has 5 rings (SSSR count). The molecule has 0 aromatic heterocycles. The van der Waals surface area contributed by atoms with Crippen LogP contribution >= 0.6 is 0 Å². The van der Waals surface area contributed by atoms with Crippen LogP contribution in [-0.4, -0.2) is 25.4 Å². The van der Waals surface area contributed by atoms with E-state index in [1.807, 2.05) is 30.3 Å². The predicted octanol–water partition coefficient (Wildman–Crippen LogP) is 6.27. The van der Waals surface area contributed by atoms with Crippen molar-refractivity contribution >= 4 is 15.7 Å². The van der Waals surface area contributed by atoms with Crippen molar-refractivity contribution in [2.45, 2.75) is 80.2 Å². The van der Waals surface area contributed by atoms with Crippen LogP contribution in [0.4, 0.5) is 5.69 Å². The van der Waals surface area contributed by atoms with Crippen molar-refractivity contribution in [1.29, 1.82) is 0 Å². The second-order valence-electron chi connectivity index (χ2n) is 10.2. The third-order valence-electron chi connectivity index (χ3n) is 7.70. The Hall–Kier alpha value is -3.07. The molecule has 7 nitrogen and oxygen atoms in total. The molecule has 0 saturated heterocycles. The Morgan fingerprint density at radius 1 is 0.711 bits per heavy atom. The number of nitrogens with one attached hydrogen (secondary N) is 1. The van der Waals surface area contributed by atoms with Gasteiger partial charge in [-0.3, -0.25) is 10.1 Å². The van der Waals surface area contributed by atoms with Gasteiger partial charge in [-0.25, -0.2) is 13.1 Å². The third-order valence-corrected chi connectivity index (χ3v) is 9.24. The number of hydrogen-bond acceptors (Lipinski definition) is 5. The maximum Gasteiger partial charge on any atom is 0.289 e. The Kier molecular flexibility index (Phi) is 9.66. The Morgan fingerprint density at radius 3 is 1.82 bits per heavy atom. The van der Waals surface area contributed by atoms with Crippen molar-refractivity contribution in [3.8, 4) is 0 Å². The average Bonchev–Trinajstić information content (AvgIpc) is 2.95. The molecule has 0 aliphatic heterocycles. The molecule has 3 aromatic rings. The molecule has 0 heterocycles. The van der Waals surface area contributed by atoms with E-state index in [4.69, 9.17) is 5.73 Å². The predicted molar refractivity (Wildman–Crippen MR) is 150 cm³/mol. The molecule has 38 heavy (non-hydrogen) atoms. The van der Waals surface area contributed by atoms with Crippen molar-refractivity contribution < 1.29 is 13.3 Å². The molecule has 0 bridgehead atoms. The smallest absolute Gasteiger partial charge is 0.289 e. The maximum atomic E-state index is 12.8. The molecule has 2 saturated carbocycles. The highest BCUT2D eigenvalue weighted by Gasteiger charge is 2.33. The Labute approximate surface area is 225 Å². The normalized spacial score (nSPS) is 23.6. The van der Waals surface area contributed by atoms with Crippen molar-refractivity contribution in [1.82, 2.24) is 4.72 Å². The summed E-state index contributed by atoms with van der Waals surface area (Å²) in [6, 6.07) is 26.1. The van der Waals surface area contributed by atoms with Crippen LogP contribution in [0.15, 0.2) is 89.8 Å². The molecule has 202 valence electrons. The number of nitrogens with two attached hydrogens (primary N) is 1. The van der Waals surface area contributed by atoms with E-state index in [-0.39, 0.29) is 16.9 Å². The van der Waals surface area contributed by atoms with Crippen molar-refractivity contribution in [2.24, 2.45) is 5.73 Å². The van der Waals surface area contributed by atoms with Crippen molar-refractivity contribution in [3.05, 3.63) is 106 Å². The molecular formula is C30H37N3O4S. The van der Waals surface area contributed by atoms with Gasteiger partial charge in [-0.05, 0) is 48.8 Å². The molecule has 0 amide bonds. The molecule has 0 radical (unpaired) electrons. The summed E-state index contributed by atoms with van der Waals surface area (Å²) < 4.78 is 28.3. The molecule has 2 fully saturated rings. The standard InChI is InChI=1S/C18H20N2O4S.C12H17N/c21-20(22)17-12-6-7-13-18(17)25(23,24)19-16-11-5-4-10-15(16)14-8-2-1-3-9-14;13-12-9-5-4-8-11(12)10-6-2-1-3-7-10/h1-3,6-9,12-13,15-16,19H,4-5,10-11H2;1-3,6-7,11-12H,4-5,8-9,13H2/t15-,16+;11-,12+/m11/s1. The van der Waals surface area contributed by atoms with Crippen LogP contribution in [0, 0.1) is 10.1 Å². The molecule has 4 atom stereocenters. The zero-order valence-electron chi connectivity index (χ0n) is 21.6. The van der Waals surface area contributed by atoms with Crippen LogP contribution in [-0.2, 0) is 10.0 Å². The zero-order chi connectivity index (χ0) is 27.0. The van der Waals surface area contributed by atoms with Crippen LogP contribution in [0.3, 0.4) is 0 Å².